The molecule has 2 N–H and O–H groups in total. The van der Waals surface area contributed by atoms with Crippen molar-refractivity contribution in [2.45, 2.75) is 32.7 Å². The van der Waals surface area contributed by atoms with Gasteiger partial charge < -0.3 is 15.1 Å². The van der Waals surface area contributed by atoms with Gasteiger partial charge in [0.2, 0.25) is 0 Å². The van der Waals surface area contributed by atoms with Crippen molar-refractivity contribution in [2.75, 3.05) is 19.6 Å². The van der Waals surface area contributed by atoms with Gasteiger partial charge in [-0.05, 0) is 38.1 Å². The molecule has 0 radical (unpaired) electrons. The lowest BCUT2D eigenvalue weighted by atomic mass is 10.2. The van der Waals surface area contributed by atoms with Crippen LogP contribution in [0, 0.1) is 0 Å². The van der Waals surface area contributed by atoms with Crippen LogP contribution in [0.15, 0.2) is 22.8 Å². The monoisotopic (exact) mass is 210 g/mol. The van der Waals surface area contributed by atoms with Crippen LogP contribution in [-0.4, -0.2) is 24.5 Å². The zero-order chi connectivity index (χ0) is 11.1. The Labute approximate surface area is 92.2 Å². The van der Waals surface area contributed by atoms with Gasteiger partial charge in [0.1, 0.15) is 5.76 Å². The minimum atomic E-state index is -0.00176. The first-order valence-electron chi connectivity index (χ1n) is 5.79. The summed E-state index contributed by atoms with van der Waals surface area (Å²) in [7, 11) is 0. The van der Waals surface area contributed by atoms with Crippen molar-refractivity contribution in [1.29, 1.82) is 0 Å². The summed E-state index contributed by atoms with van der Waals surface area (Å²) in [5.41, 5.74) is 6.07. The average Bonchev–Trinajstić information content (AvgIpc) is 2.71. The Morgan fingerprint density at radius 1 is 1.33 bits per heavy atom. The van der Waals surface area contributed by atoms with Crippen LogP contribution in [0.25, 0.3) is 0 Å². The second-order valence-electron chi connectivity index (χ2n) is 3.92. The normalized spacial score (nSPS) is 13.3. The standard InChI is InChI=1S/C12H22N2O/c1-3-7-14(8-4-2)10-11(13)12-6-5-9-15-12/h5-6,9,11H,3-4,7-8,10,13H2,1-2H3. The van der Waals surface area contributed by atoms with Crippen LogP contribution in [0.5, 0.6) is 0 Å². The van der Waals surface area contributed by atoms with E-state index in [0.717, 1.165) is 25.4 Å². The number of furan rings is 1. The molecule has 0 bridgehead atoms. The summed E-state index contributed by atoms with van der Waals surface area (Å²) in [5, 5.41) is 0. The van der Waals surface area contributed by atoms with Crippen molar-refractivity contribution in [1.82, 2.24) is 4.90 Å². The molecule has 3 nitrogen and oxygen atoms in total. The largest absolute Gasteiger partial charge is 0.468 e. The van der Waals surface area contributed by atoms with Gasteiger partial charge in [0.15, 0.2) is 0 Å². The molecule has 86 valence electrons. The molecule has 1 heterocycles. The highest BCUT2D eigenvalue weighted by Crippen LogP contribution is 2.12. The van der Waals surface area contributed by atoms with Gasteiger partial charge in [-0.25, -0.2) is 0 Å². The summed E-state index contributed by atoms with van der Waals surface area (Å²) in [6.07, 6.45) is 4.02. The van der Waals surface area contributed by atoms with E-state index in [2.05, 4.69) is 18.7 Å². The molecule has 0 saturated carbocycles. The predicted octanol–water partition coefficient (Wildman–Crippen LogP) is 2.40. The molecule has 1 aromatic heterocycles. The van der Waals surface area contributed by atoms with Gasteiger partial charge in [0.25, 0.3) is 0 Å². The highest BCUT2D eigenvalue weighted by Gasteiger charge is 2.12. The number of nitrogens with zero attached hydrogens (tertiary/aromatic N) is 1. The summed E-state index contributed by atoms with van der Waals surface area (Å²) in [6.45, 7) is 7.50. The molecule has 0 amide bonds. The molecule has 0 aromatic carbocycles. The van der Waals surface area contributed by atoms with Gasteiger partial charge in [0, 0.05) is 6.54 Å². The maximum absolute atomic E-state index is 6.07. The fraction of sp³-hybridized carbons (Fsp3) is 0.667. The van der Waals surface area contributed by atoms with Gasteiger partial charge in [-0.3, -0.25) is 0 Å². The molecule has 0 aliphatic heterocycles. The van der Waals surface area contributed by atoms with E-state index in [1.54, 1.807) is 6.26 Å². The maximum atomic E-state index is 6.07. The molecule has 0 aliphatic rings. The average molecular weight is 210 g/mol. The van der Waals surface area contributed by atoms with Crippen LogP contribution in [-0.2, 0) is 0 Å². The number of nitrogens with two attached hydrogens (primary N) is 1. The van der Waals surface area contributed by atoms with Gasteiger partial charge in [-0.15, -0.1) is 0 Å². The zero-order valence-electron chi connectivity index (χ0n) is 9.78. The first kappa shape index (κ1) is 12.3. The van der Waals surface area contributed by atoms with Crippen LogP contribution in [0.3, 0.4) is 0 Å². The predicted molar refractivity (Wildman–Crippen MR) is 62.7 cm³/mol. The molecule has 1 rings (SSSR count). The molecular formula is C12H22N2O. The maximum Gasteiger partial charge on any atom is 0.121 e. The molecule has 1 aromatic rings. The van der Waals surface area contributed by atoms with E-state index >= 15 is 0 Å². The molecule has 15 heavy (non-hydrogen) atoms. The number of rotatable bonds is 7. The Morgan fingerprint density at radius 2 is 2.00 bits per heavy atom. The van der Waals surface area contributed by atoms with E-state index in [-0.39, 0.29) is 6.04 Å². The molecule has 1 atom stereocenters. The van der Waals surface area contributed by atoms with Crippen molar-refractivity contribution < 1.29 is 4.42 Å². The van der Waals surface area contributed by atoms with Crippen LogP contribution >= 0.6 is 0 Å². The van der Waals surface area contributed by atoms with E-state index in [0.29, 0.717) is 0 Å². The minimum Gasteiger partial charge on any atom is -0.468 e. The third kappa shape index (κ3) is 4.06. The smallest absolute Gasteiger partial charge is 0.121 e. The summed E-state index contributed by atoms with van der Waals surface area (Å²) in [5.74, 6) is 0.882. The van der Waals surface area contributed by atoms with Crippen molar-refractivity contribution in [3.05, 3.63) is 24.2 Å². The van der Waals surface area contributed by atoms with Crippen molar-refractivity contribution >= 4 is 0 Å². The topological polar surface area (TPSA) is 42.4 Å². The molecule has 0 spiro atoms. The van der Waals surface area contributed by atoms with Gasteiger partial charge in [-0.2, -0.15) is 0 Å². The Kier molecular flexibility index (Phi) is 5.43. The van der Waals surface area contributed by atoms with Crippen molar-refractivity contribution in [3.8, 4) is 0 Å². The van der Waals surface area contributed by atoms with E-state index in [1.807, 2.05) is 12.1 Å². The molecule has 1 unspecified atom stereocenters. The minimum absolute atomic E-state index is 0.00176. The summed E-state index contributed by atoms with van der Waals surface area (Å²) >= 11 is 0. The van der Waals surface area contributed by atoms with Crippen LogP contribution in [0.4, 0.5) is 0 Å². The van der Waals surface area contributed by atoms with E-state index in [4.69, 9.17) is 10.2 Å². The molecule has 0 fully saturated rings. The lowest BCUT2D eigenvalue weighted by Crippen LogP contribution is -2.33. The third-order valence-corrected chi connectivity index (χ3v) is 2.44. The van der Waals surface area contributed by atoms with Gasteiger partial charge >= 0.3 is 0 Å². The van der Waals surface area contributed by atoms with Crippen LogP contribution in [0.2, 0.25) is 0 Å². The van der Waals surface area contributed by atoms with Crippen molar-refractivity contribution in [2.24, 2.45) is 5.73 Å². The van der Waals surface area contributed by atoms with Gasteiger partial charge in [0.05, 0.1) is 12.3 Å². The molecular weight excluding hydrogens is 188 g/mol. The zero-order valence-corrected chi connectivity index (χ0v) is 9.78. The number of hydrogen-bond donors (Lipinski definition) is 1. The van der Waals surface area contributed by atoms with E-state index in [1.165, 1.54) is 12.8 Å². The SMILES string of the molecule is CCCN(CCC)CC(N)c1ccco1. The molecule has 3 heteroatoms. The highest BCUT2D eigenvalue weighted by atomic mass is 16.3. The Morgan fingerprint density at radius 3 is 2.47 bits per heavy atom. The summed E-state index contributed by atoms with van der Waals surface area (Å²) in [4.78, 5) is 2.40. The lowest BCUT2D eigenvalue weighted by Gasteiger charge is -2.23. The lowest BCUT2D eigenvalue weighted by molar-refractivity contribution is 0.247. The first-order chi connectivity index (χ1) is 7.27. The van der Waals surface area contributed by atoms with E-state index in [9.17, 15) is 0 Å². The Hall–Kier alpha value is -0.800. The second-order valence-corrected chi connectivity index (χ2v) is 3.92. The quantitative estimate of drug-likeness (QED) is 0.751. The highest BCUT2D eigenvalue weighted by molar-refractivity contribution is 5.03. The molecule has 0 saturated heterocycles. The Bertz CT molecular complexity index is 240. The summed E-state index contributed by atoms with van der Waals surface area (Å²) in [6, 6.07) is 3.83. The Balaban J connectivity index is 2.43. The van der Waals surface area contributed by atoms with Crippen molar-refractivity contribution in [3.63, 3.8) is 0 Å². The fourth-order valence-electron chi connectivity index (χ4n) is 1.80. The number of hydrogen-bond acceptors (Lipinski definition) is 3. The summed E-state index contributed by atoms with van der Waals surface area (Å²) < 4.78 is 5.30. The van der Waals surface area contributed by atoms with Gasteiger partial charge in [-0.1, -0.05) is 13.8 Å². The first-order valence-corrected chi connectivity index (χ1v) is 5.79. The van der Waals surface area contributed by atoms with Crippen LogP contribution < -0.4 is 5.73 Å². The third-order valence-electron chi connectivity index (χ3n) is 2.44. The fourth-order valence-corrected chi connectivity index (χ4v) is 1.80. The molecule has 0 aliphatic carbocycles. The van der Waals surface area contributed by atoms with Crippen LogP contribution in [0.1, 0.15) is 38.5 Å². The van der Waals surface area contributed by atoms with E-state index < -0.39 is 0 Å². The second kappa shape index (κ2) is 6.64.